The lowest BCUT2D eigenvalue weighted by Crippen LogP contribution is -2.03. The van der Waals surface area contributed by atoms with Gasteiger partial charge < -0.3 is 5.32 Å². The van der Waals surface area contributed by atoms with Gasteiger partial charge in [-0.2, -0.15) is 0 Å². The Morgan fingerprint density at radius 2 is 1.50 bits per heavy atom. The molecule has 1 heterocycles. The van der Waals surface area contributed by atoms with Crippen LogP contribution in [0.1, 0.15) is 63.0 Å². The summed E-state index contributed by atoms with van der Waals surface area (Å²) in [7, 11) is 0. The van der Waals surface area contributed by atoms with Gasteiger partial charge in [-0.15, -0.1) is 0 Å². The zero-order valence-corrected chi connectivity index (χ0v) is 14.7. The Labute approximate surface area is 146 Å². The summed E-state index contributed by atoms with van der Waals surface area (Å²) in [6.45, 7) is 3.26. The lowest BCUT2D eigenvalue weighted by atomic mass is 10.1. The van der Waals surface area contributed by atoms with Gasteiger partial charge >= 0.3 is 0 Å². The SMILES string of the molecule is CCCCCCCCCNc1ccc(C#Cc2ccccc2)cn1. The van der Waals surface area contributed by atoms with Crippen molar-refractivity contribution in [3.8, 4) is 11.8 Å². The Morgan fingerprint density at radius 1 is 0.792 bits per heavy atom. The minimum atomic E-state index is 0.936. The number of nitrogens with zero attached hydrogens (tertiary/aromatic N) is 1. The van der Waals surface area contributed by atoms with Crippen molar-refractivity contribution in [1.29, 1.82) is 0 Å². The molecular formula is C22H28N2. The van der Waals surface area contributed by atoms with Gasteiger partial charge in [0.15, 0.2) is 0 Å². The minimum absolute atomic E-state index is 0.936. The monoisotopic (exact) mass is 320 g/mol. The van der Waals surface area contributed by atoms with Gasteiger partial charge in [0.05, 0.1) is 0 Å². The van der Waals surface area contributed by atoms with E-state index in [1.54, 1.807) is 0 Å². The topological polar surface area (TPSA) is 24.9 Å². The standard InChI is InChI=1S/C22H28N2/c1-2-3-4-5-6-7-11-18-23-22-17-16-21(19-24-22)15-14-20-12-9-8-10-13-20/h8-10,12-13,16-17,19H,2-7,11,18H2,1H3,(H,23,24). The van der Waals surface area contributed by atoms with E-state index in [4.69, 9.17) is 0 Å². The van der Waals surface area contributed by atoms with Crippen molar-refractivity contribution in [2.24, 2.45) is 0 Å². The quantitative estimate of drug-likeness (QED) is 0.477. The summed E-state index contributed by atoms with van der Waals surface area (Å²) in [6, 6.07) is 14.1. The van der Waals surface area contributed by atoms with Crippen LogP contribution in [0.5, 0.6) is 0 Å². The highest BCUT2D eigenvalue weighted by atomic mass is 15.0. The van der Waals surface area contributed by atoms with Crippen molar-refractivity contribution in [2.45, 2.75) is 51.9 Å². The smallest absolute Gasteiger partial charge is 0.125 e. The number of pyridine rings is 1. The highest BCUT2D eigenvalue weighted by Gasteiger charge is 1.95. The number of nitrogens with one attached hydrogen (secondary N) is 1. The van der Waals surface area contributed by atoms with Gasteiger partial charge in [-0.1, -0.05) is 75.5 Å². The molecule has 0 spiro atoms. The van der Waals surface area contributed by atoms with Gasteiger partial charge in [-0.05, 0) is 30.7 Å². The Balaban J connectivity index is 1.66. The molecule has 1 aromatic carbocycles. The lowest BCUT2D eigenvalue weighted by molar-refractivity contribution is 0.596. The maximum absolute atomic E-state index is 4.44. The third-order valence-corrected chi connectivity index (χ3v) is 3.97. The van der Waals surface area contributed by atoms with E-state index in [1.807, 2.05) is 48.7 Å². The summed E-state index contributed by atoms with van der Waals surface area (Å²) in [4.78, 5) is 4.44. The Bertz CT molecular complexity index is 621. The summed E-state index contributed by atoms with van der Waals surface area (Å²) in [5, 5.41) is 3.39. The molecule has 0 bridgehead atoms. The first-order chi connectivity index (χ1) is 11.9. The summed E-state index contributed by atoms with van der Waals surface area (Å²) < 4.78 is 0. The van der Waals surface area contributed by atoms with Crippen LogP contribution in [0.15, 0.2) is 48.7 Å². The van der Waals surface area contributed by atoms with Crippen molar-refractivity contribution in [1.82, 2.24) is 4.98 Å². The predicted octanol–water partition coefficient (Wildman–Crippen LogP) is 5.64. The molecule has 1 N–H and O–H groups in total. The molecule has 1 aromatic heterocycles. The van der Waals surface area contributed by atoms with Crippen molar-refractivity contribution in [3.63, 3.8) is 0 Å². The molecule has 0 radical (unpaired) electrons. The predicted molar refractivity (Wildman–Crippen MR) is 103 cm³/mol. The molecule has 0 aliphatic carbocycles. The van der Waals surface area contributed by atoms with Gasteiger partial charge in [0.2, 0.25) is 0 Å². The van der Waals surface area contributed by atoms with Crippen LogP contribution in [0.2, 0.25) is 0 Å². The first-order valence-electron chi connectivity index (χ1n) is 9.15. The first-order valence-corrected chi connectivity index (χ1v) is 9.15. The number of hydrogen-bond acceptors (Lipinski definition) is 2. The van der Waals surface area contributed by atoms with E-state index >= 15 is 0 Å². The molecule has 0 saturated heterocycles. The van der Waals surface area contributed by atoms with Crippen LogP contribution in [-0.4, -0.2) is 11.5 Å². The molecule has 2 aromatic rings. The molecule has 2 nitrogen and oxygen atoms in total. The van der Waals surface area contributed by atoms with Crippen LogP contribution in [0.4, 0.5) is 5.82 Å². The van der Waals surface area contributed by atoms with Crippen molar-refractivity contribution in [3.05, 3.63) is 59.8 Å². The van der Waals surface area contributed by atoms with E-state index in [-0.39, 0.29) is 0 Å². The average Bonchev–Trinajstić information content (AvgIpc) is 2.64. The molecule has 24 heavy (non-hydrogen) atoms. The number of anilines is 1. The van der Waals surface area contributed by atoms with Crippen LogP contribution in [0.25, 0.3) is 0 Å². The summed E-state index contributed by atoms with van der Waals surface area (Å²) in [5.41, 5.74) is 1.97. The fourth-order valence-electron chi connectivity index (χ4n) is 2.54. The zero-order chi connectivity index (χ0) is 16.9. The molecule has 0 aliphatic heterocycles. The summed E-state index contributed by atoms with van der Waals surface area (Å²) >= 11 is 0. The van der Waals surface area contributed by atoms with E-state index in [1.165, 1.54) is 44.9 Å². The molecule has 2 rings (SSSR count). The van der Waals surface area contributed by atoms with Gasteiger partial charge in [-0.3, -0.25) is 0 Å². The minimum Gasteiger partial charge on any atom is -0.370 e. The average molecular weight is 320 g/mol. The second-order valence-corrected chi connectivity index (χ2v) is 6.10. The molecule has 0 atom stereocenters. The van der Waals surface area contributed by atoms with E-state index in [2.05, 4.69) is 29.1 Å². The number of benzene rings is 1. The molecule has 0 aliphatic rings. The van der Waals surface area contributed by atoms with E-state index in [9.17, 15) is 0 Å². The molecule has 0 saturated carbocycles. The normalized spacial score (nSPS) is 10.0. The van der Waals surface area contributed by atoms with Crippen LogP contribution in [0.3, 0.4) is 0 Å². The second-order valence-electron chi connectivity index (χ2n) is 6.10. The fourth-order valence-corrected chi connectivity index (χ4v) is 2.54. The molecule has 0 amide bonds. The first kappa shape index (κ1) is 18.1. The molecule has 0 unspecified atom stereocenters. The Hall–Kier alpha value is -2.27. The maximum atomic E-state index is 4.44. The second kappa shape index (κ2) is 11.3. The van der Waals surface area contributed by atoms with E-state index in [0.717, 1.165) is 23.5 Å². The van der Waals surface area contributed by atoms with Crippen LogP contribution in [0, 0.1) is 11.8 Å². The third-order valence-electron chi connectivity index (χ3n) is 3.97. The van der Waals surface area contributed by atoms with E-state index in [0.29, 0.717) is 0 Å². The lowest BCUT2D eigenvalue weighted by Gasteiger charge is -2.05. The maximum Gasteiger partial charge on any atom is 0.125 e. The number of aromatic nitrogens is 1. The third kappa shape index (κ3) is 7.33. The van der Waals surface area contributed by atoms with Crippen LogP contribution >= 0.6 is 0 Å². The van der Waals surface area contributed by atoms with Gasteiger partial charge in [-0.25, -0.2) is 4.98 Å². The van der Waals surface area contributed by atoms with E-state index < -0.39 is 0 Å². The summed E-state index contributed by atoms with van der Waals surface area (Å²) in [6.07, 6.45) is 11.2. The zero-order valence-electron chi connectivity index (χ0n) is 14.7. The number of rotatable bonds is 9. The van der Waals surface area contributed by atoms with Crippen LogP contribution < -0.4 is 5.32 Å². The Morgan fingerprint density at radius 3 is 2.21 bits per heavy atom. The van der Waals surface area contributed by atoms with Gasteiger partial charge in [0.1, 0.15) is 5.82 Å². The number of unbranched alkanes of at least 4 members (excludes halogenated alkanes) is 6. The van der Waals surface area contributed by atoms with Crippen LogP contribution in [-0.2, 0) is 0 Å². The van der Waals surface area contributed by atoms with Gasteiger partial charge in [0, 0.05) is 23.9 Å². The molecule has 2 heteroatoms. The molecule has 126 valence electrons. The highest BCUT2D eigenvalue weighted by Crippen LogP contribution is 2.08. The summed E-state index contributed by atoms with van der Waals surface area (Å²) in [5.74, 6) is 7.24. The Kier molecular flexibility index (Phi) is 8.51. The van der Waals surface area contributed by atoms with Crippen molar-refractivity contribution < 1.29 is 0 Å². The number of hydrogen-bond donors (Lipinski definition) is 1. The molecule has 0 fully saturated rings. The van der Waals surface area contributed by atoms with Gasteiger partial charge in [0.25, 0.3) is 0 Å². The van der Waals surface area contributed by atoms with Crippen molar-refractivity contribution in [2.75, 3.05) is 11.9 Å². The highest BCUT2D eigenvalue weighted by molar-refractivity contribution is 5.44. The fraction of sp³-hybridized carbons (Fsp3) is 0.409. The largest absolute Gasteiger partial charge is 0.370 e. The molecular weight excluding hydrogens is 292 g/mol. The van der Waals surface area contributed by atoms with Crippen molar-refractivity contribution >= 4 is 5.82 Å².